The van der Waals surface area contributed by atoms with E-state index >= 15 is 0 Å². The Balaban J connectivity index is 1.40. The van der Waals surface area contributed by atoms with Gasteiger partial charge in [-0.1, -0.05) is 109 Å². The summed E-state index contributed by atoms with van der Waals surface area (Å²) in [6.07, 6.45) is 0. The summed E-state index contributed by atoms with van der Waals surface area (Å²) in [5.74, 6) is 1.95. The van der Waals surface area contributed by atoms with Crippen molar-refractivity contribution in [2.75, 3.05) is 0 Å². The number of hydrogen-bond acceptors (Lipinski definition) is 3. The Morgan fingerprint density at radius 3 is 1.61 bits per heavy atom. The van der Waals surface area contributed by atoms with E-state index in [1.165, 1.54) is 10.8 Å². The molecule has 0 fully saturated rings. The van der Waals surface area contributed by atoms with Gasteiger partial charge in [0.1, 0.15) is 0 Å². The second kappa shape index (κ2) is 9.36. The molecule has 0 aliphatic heterocycles. The van der Waals surface area contributed by atoms with Crippen LogP contribution in [-0.2, 0) is 0 Å². The van der Waals surface area contributed by atoms with Crippen molar-refractivity contribution in [1.29, 1.82) is 0 Å². The number of nitrogens with zero attached hydrogens (tertiary/aromatic N) is 3. The molecule has 0 unspecified atom stereocenters. The maximum Gasteiger partial charge on any atom is 0.164 e. The van der Waals surface area contributed by atoms with Gasteiger partial charge in [0, 0.05) is 37.5 Å². The predicted octanol–water partition coefficient (Wildman–Crippen LogP) is 8.94. The quantitative estimate of drug-likeness (QED) is 0.237. The average molecular weight is 553 g/mol. The highest BCUT2D eigenvalue weighted by Crippen LogP contribution is 2.36. The molecule has 5 aromatic carbocycles. The van der Waals surface area contributed by atoms with Crippen molar-refractivity contribution >= 4 is 37.7 Å². The lowest BCUT2D eigenvalue weighted by Crippen LogP contribution is -2.00. The van der Waals surface area contributed by atoms with Gasteiger partial charge in [-0.3, -0.25) is 0 Å². The summed E-state index contributed by atoms with van der Waals surface area (Å²) in [7, 11) is 0. The van der Waals surface area contributed by atoms with Crippen LogP contribution in [0.2, 0.25) is 0 Å². The number of aromatic amines is 1. The first-order valence-electron chi connectivity index (χ1n) is 12.4. The molecular weight excluding hydrogens is 532 g/mol. The Labute approximate surface area is 228 Å². The van der Waals surface area contributed by atoms with E-state index in [2.05, 4.69) is 81.6 Å². The molecule has 5 heteroatoms. The van der Waals surface area contributed by atoms with Crippen LogP contribution in [-0.4, -0.2) is 19.9 Å². The molecule has 0 spiro atoms. The number of halogens is 1. The first-order chi connectivity index (χ1) is 18.7. The van der Waals surface area contributed by atoms with E-state index in [-0.39, 0.29) is 0 Å². The first kappa shape index (κ1) is 22.6. The molecule has 2 aromatic heterocycles. The van der Waals surface area contributed by atoms with E-state index in [1.807, 2.05) is 60.7 Å². The summed E-state index contributed by atoms with van der Waals surface area (Å²) < 4.78 is 1.05. The lowest BCUT2D eigenvalue weighted by molar-refractivity contribution is 1.07. The highest BCUT2D eigenvalue weighted by atomic mass is 79.9. The molecule has 0 amide bonds. The van der Waals surface area contributed by atoms with Crippen LogP contribution >= 0.6 is 15.9 Å². The van der Waals surface area contributed by atoms with Gasteiger partial charge in [0.05, 0.1) is 11.0 Å². The molecule has 0 aliphatic carbocycles. The van der Waals surface area contributed by atoms with Crippen molar-refractivity contribution in [2.24, 2.45) is 0 Å². The summed E-state index contributed by atoms with van der Waals surface area (Å²) >= 11 is 3.70. The summed E-state index contributed by atoms with van der Waals surface area (Å²) in [4.78, 5) is 18.3. The van der Waals surface area contributed by atoms with Crippen molar-refractivity contribution in [3.63, 3.8) is 0 Å². The minimum Gasteiger partial charge on any atom is -0.353 e. The molecule has 1 N–H and O–H groups in total. The van der Waals surface area contributed by atoms with Gasteiger partial charge in [0.2, 0.25) is 0 Å². The van der Waals surface area contributed by atoms with Crippen molar-refractivity contribution in [2.45, 2.75) is 0 Å². The third-order valence-corrected chi connectivity index (χ3v) is 7.41. The molecular formula is C33H21BrN4. The van der Waals surface area contributed by atoms with Crippen LogP contribution in [0.25, 0.3) is 67.1 Å². The fourth-order valence-electron chi connectivity index (χ4n) is 4.92. The SMILES string of the molecule is Brc1cccc2c1[nH]c1c(-c3cccc(-c4nc(-c5ccccc5)nc(-c5ccccc5)n4)c3)cccc12. The fourth-order valence-corrected chi connectivity index (χ4v) is 5.38. The van der Waals surface area contributed by atoms with Gasteiger partial charge in [-0.05, 0) is 33.6 Å². The zero-order valence-corrected chi connectivity index (χ0v) is 21.9. The van der Waals surface area contributed by atoms with E-state index in [0.717, 1.165) is 43.3 Å². The molecule has 38 heavy (non-hydrogen) atoms. The van der Waals surface area contributed by atoms with Gasteiger partial charge in [0.15, 0.2) is 17.5 Å². The van der Waals surface area contributed by atoms with E-state index < -0.39 is 0 Å². The fraction of sp³-hybridized carbons (Fsp3) is 0. The second-order valence-electron chi connectivity index (χ2n) is 9.13. The third kappa shape index (κ3) is 3.98. The molecule has 7 aromatic rings. The molecule has 4 nitrogen and oxygen atoms in total. The van der Waals surface area contributed by atoms with Gasteiger partial charge in [-0.25, -0.2) is 15.0 Å². The second-order valence-corrected chi connectivity index (χ2v) is 9.99. The minimum absolute atomic E-state index is 0.645. The zero-order valence-electron chi connectivity index (χ0n) is 20.3. The van der Waals surface area contributed by atoms with Crippen LogP contribution in [0.15, 0.2) is 126 Å². The third-order valence-electron chi connectivity index (χ3n) is 6.75. The Morgan fingerprint density at radius 1 is 0.447 bits per heavy atom. The van der Waals surface area contributed by atoms with Gasteiger partial charge in [0.25, 0.3) is 0 Å². The molecule has 0 radical (unpaired) electrons. The topological polar surface area (TPSA) is 54.5 Å². The number of nitrogens with one attached hydrogen (secondary N) is 1. The summed E-state index contributed by atoms with van der Waals surface area (Å²) in [6.45, 7) is 0. The number of hydrogen-bond donors (Lipinski definition) is 1. The van der Waals surface area contributed by atoms with E-state index in [9.17, 15) is 0 Å². The lowest BCUT2D eigenvalue weighted by Gasteiger charge is -2.10. The van der Waals surface area contributed by atoms with Gasteiger partial charge in [-0.2, -0.15) is 0 Å². The number of H-pyrrole nitrogens is 1. The molecule has 180 valence electrons. The smallest absolute Gasteiger partial charge is 0.164 e. The van der Waals surface area contributed by atoms with Crippen LogP contribution in [0.5, 0.6) is 0 Å². The summed E-state index contributed by atoms with van der Waals surface area (Å²) in [5.41, 5.74) is 7.29. The zero-order chi connectivity index (χ0) is 25.5. The number of fused-ring (bicyclic) bond motifs is 3. The maximum absolute atomic E-state index is 4.91. The summed E-state index contributed by atoms with van der Waals surface area (Å²) in [5, 5.41) is 2.40. The largest absolute Gasteiger partial charge is 0.353 e. The number of aromatic nitrogens is 4. The highest BCUT2D eigenvalue weighted by molar-refractivity contribution is 9.10. The predicted molar refractivity (Wildman–Crippen MR) is 159 cm³/mol. The number of para-hydroxylation sites is 2. The molecule has 0 saturated carbocycles. The molecule has 0 atom stereocenters. The van der Waals surface area contributed by atoms with E-state index in [4.69, 9.17) is 15.0 Å². The molecule has 0 bridgehead atoms. The molecule has 7 rings (SSSR count). The lowest BCUT2D eigenvalue weighted by atomic mass is 10.00. The van der Waals surface area contributed by atoms with Crippen LogP contribution in [0.4, 0.5) is 0 Å². The Kier molecular flexibility index (Phi) is 5.56. The van der Waals surface area contributed by atoms with E-state index in [0.29, 0.717) is 17.5 Å². The number of benzene rings is 5. The normalized spacial score (nSPS) is 11.3. The Bertz CT molecular complexity index is 1870. The van der Waals surface area contributed by atoms with E-state index in [1.54, 1.807) is 0 Å². The monoisotopic (exact) mass is 552 g/mol. The maximum atomic E-state index is 4.91. The van der Waals surface area contributed by atoms with Crippen LogP contribution in [0.1, 0.15) is 0 Å². The summed E-state index contributed by atoms with van der Waals surface area (Å²) in [6, 6.07) is 41.2. The van der Waals surface area contributed by atoms with Crippen LogP contribution in [0.3, 0.4) is 0 Å². The van der Waals surface area contributed by atoms with Gasteiger partial charge in [-0.15, -0.1) is 0 Å². The van der Waals surface area contributed by atoms with Crippen molar-refractivity contribution in [3.05, 3.63) is 126 Å². The van der Waals surface area contributed by atoms with Gasteiger partial charge < -0.3 is 4.98 Å². The molecule has 2 heterocycles. The molecule has 0 saturated heterocycles. The van der Waals surface area contributed by atoms with Crippen LogP contribution in [0, 0.1) is 0 Å². The highest BCUT2D eigenvalue weighted by Gasteiger charge is 2.15. The van der Waals surface area contributed by atoms with Gasteiger partial charge >= 0.3 is 0 Å². The van der Waals surface area contributed by atoms with Crippen LogP contribution < -0.4 is 0 Å². The standard InChI is InChI=1S/C33H21BrN4/c34-28-19-9-18-27-26-17-8-16-25(29(26)35-30(27)28)23-14-7-15-24(20-23)33-37-31(21-10-3-1-4-11-21)36-32(38-33)22-12-5-2-6-13-22/h1-20,35H. The van der Waals surface area contributed by atoms with Crippen molar-refractivity contribution in [1.82, 2.24) is 19.9 Å². The number of rotatable bonds is 4. The first-order valence-corrected chi connectivity index (χ1v) is 13.2. The minimum atomic E-state index is 0.645. The average Bonchev–Trinajstić information content (AvgIpc) is 3.38. The van der Waals surface area contributed by atoms with Crippen molar-refractivity contribution < 1.29 is 0 Å². The Morgan fingerprint density at radius 2 is 0.947 bits per heavy atom. The van der Waals surface area contributed by atoms with Crippen molar-refractivity contribution in [3.8, 4) is 45.3 Å². The Hall–Kier alpha value is -4.61. The molecule has 0 aliphatic rings.